The van der Waals surface area contributed by atoms with E-state index < -0.39 is 0 Å². The lowest BCUT2D eigenvalue weighted by Crippen LogP contribution is -2.36. The Morgan fingerprint density at radius 3 is 2.56 bits per heavy atom. The van der Waals surface area contributed by atoms with Crippen molar-refractivity contribution in [1.29, 1.82) is 0 Å². The lowest BCUT2D eigenvalue weighted by molar-refractivity contribution is 0.125. The van der Waals surface area contributed by atoms with Crippen LogP contribution < -0.4 is 5.73 Å². The van der Waals surface area contributed by atoms with Crippen molar-refractivity contribution in [2.45, 2.75) is 38.1 Å². The lowest BCUT2D eigenvalue weighted by atomic mass is 9.95. The third-order valence-corrected chi connectivity index (χ3v) is 4.23. The zero-order valence-corrected chi connectivity index (χ0v) is 10.5. The topological polar surface area (TPSA) is 38.5 Å². The SMILES string of the molecule is COCCN(CC1CCCC1CN)C1CC1. The van der Waals surface area contributed by atoms with E-state index in [9.17, 15) is 0 Å². The van der Waals surface area contributed by atoms with E-state index >= 15 is 0 Å². The summed E-state index contributed by atoms with van der Waals surface area (Å²) in [7, 11) is 1.79. The summed E-state index contributed by atoms with van der Waals surface area (Å²) >= 11 is 0. The molecule has 0 aromatic heterocycles. The largest absolute Gasteiger partial charge is 0.383 e. The Morgan fingerprint density at radius 2 is 1.94 bits per heavy atom. The molecule has 0 aliphatic heterocycles. The third-order valence-electron chi connectivity index (χ3n) is 4.23. The van der Waals surface area contributed by atoms with Gasteiger partial charge in [0, 0.05) is 26.2 Å². The van der Waals surface area contributed by atoms with E-state index in [4.69, 9.17) is 10.5 Å². The van der Waals surface area contributed by atoms with Gasteiger partial charge in [0.25, 0.3) is 0 Å². The number of hydrogen-bond donors (Lipinski definition) is 1. The minimum atomic E-state index is 0.781. The molecule has 2 aliphatic rings. The Balaban J connectivity index is 1.79. The molecule has 0 spiro atoms. The molecule has 0 aromatic rings. The van der Waals surface area contributed by atoms with Gasteiger partial charge in [-0.05, 0) is 44.1 Å². The molecule has 0 saturated heterocycles. The first-order chi connectivity index (χ1) is 7.85. The van der Waals surface area contributed by atoms with Crippen LogP contribution in [0.1, 0.15) is 32.1 Å². The van der Waals surface area contributed by atoms with Gasteiger partial charge in [-0.15, -0.1) is 0 Å². The molecule has 2 aliphatic carbocycles. The quantitative estimate of drug-likeness (QED) is 0.714. The molecule has 2 rings (SSSR count). The fraction of sp³-hybridized carbons (Fsp3) is 1.00. The molecule has 2 saturated carbocycles. The molecule has 16 heavy (non-hydrogen) atoms. The number of methoxy groups -OCH3 is 1. The van der Waals surface area contributed by atoms with Gasteiger partial charge in [0.1, 0.15) is 0 Å². The van der Waals surface area contributed by atoms with Gasteiger partial charge in [-0.25, -0.2) is 0 Å². The molecular weight excluding hydrogens is 200 g/mol. The smallest absolute Gasteiger partial charge is 0.0589 e. The number of nitrogens with two attached hydrogens (primary N) is 1. The summed E-state index contributed by atoms with van der Waals surface area (Å²) in [5.41, 5.74) is 5.85. The van der Waals surface area contributed by atoms with Gasteiger partial charge in [0.15, 0.2) is 0 Å². The van der Waals surface area contributed by atoms with Crippen LogP contribution in [0, 0.1) is 11.8 Å². The average molecular weight is 226 g/mol. The molecule has 0 bridgehead atoms. The highest BCUT2D eigenvalue weighted by Gasteiger charge is 2.33. The second-order valence-corrected chi connectivity index (χ2v) is 5.41. The summed E-state index contributed by atoms with van der Waals surface area (Å²) in [4.78, 5) is 2.64. The predicted molar refractivity (Wildman–Crippen MR) is 66.4 cm³/mol. The van der Waals surface area contributed by atoms with Crippen LogP contribution in [-0.4, -0.2) is 44.3 Å². The van der Waals surface area contributed by atoms with Gasteiger partial charge in [0.2, 0.25) is 0 Å². The summed E-state index contributed by atoms with van der Waals surface area (Å²) < 4.78 is 5.20. The summed E-state index contributed by atoms with van der Waals surface area (Å²) in [5.74, 6) is 1.63. The van der Waals surface area contributed by atoms with E-state index in [1.54, 1.807) is 7.11 Å². The van der Waals surface area contributed by atoms with Crippen molar-refractivity contribution in [1.82, 2.24) is 4.90 Å². The summed E-state index contributed by atoms with van der Waals surface area (Å²) in [6.45, 7) is 4.12. The maximum Gasteiger partial charge on any atom is 0.0589 e. The first-order valence-electron chi connectivity index (χ1n) is 6.78. The standard InChI is InChI=1S/C13H26N2O/c1-16-8-7-15(13-5-6-13)10-12-4-2-3-11(12)9-14/h11-13H,2-10,14H2,1H3. The van der Waals surface area contributed by atoms with E-state index in [0.29, 0.717) is 0 Å². The highest BCUT2D eigenvalue weighted by Crippen LogP contribution is 2.34. The van der Waals surface area contributed by atoms with E-state index in [2.05, 4.69) is 4.90 Å². The molecule has 0 heterocycles. The van der Waals surface area contributed by atoms with E-state index in [0.717, 1.165) is 37.6 Å². The first-order valence-corrected chi connectivity index (χ1v) is 6.78. The number of ether oxygens (including phenoxy) is 1. The summed E-state index contributed by atoms with van der Waals surface area (Å²) in [6, 6.07) is 0.856. The molecule has 0 amide bonds. The minimum absolute atomic E-state index is 0.781. The maximum absolute atomic E-state index is 5.85. The Kier molecular flexibility index (Phi) is 4.62. The van der Waals surface area contributed by atoms with E-state index in [1.807, 2.05) is 0 Å². The van der Waals surface area contributed by atoms with Crippen LogP contribution >= 0.6 is 0 Å². The predicted octanol–water partition coefficient (Wildman–Crippen LogP) is 1.47. The summed E-state index contributed by atoms with van der Waals surface area (Å²) in [6.07, 6.45) is 6.91. The molecule has 94 valence electrons. The van der Waals surface area contributed by atoms with Gasteiger partial charge in [0.05, 0.1) is 6.61 Å². The third kappa shape index (κ3) is 3.19. The Hall–Kier alpha value is -0.120. The maximum atomic E-state index is 5.85. The van der Waals surface area contributed by atoms with Crippen molar-refractivity contribution in [3.63, 3.8) is 0 Å². The van der Waals surface area contributed by atoms with Crippen molar-refractivity contribution in [2.75, 3.05) is 33.4 Å². The van der Waals surface area contributed by atoms with Crippen LogP contribution in [0.5, 0.6) is 0 Å². The highest BCUT2D eigenvalue weighted by molar-refractivity contribution is 4.88. The zero-order chi connectivity index (χ0) is 11.4. The van der Waals surface area contributed by atoms with Gasteiger partial charge >= 0.3 is 0 Å². The Labute approximate surface area is 99.3 Å². The number of hydrogen-bond acceptors (Lipinski definition) is 3. The van der Waals surface area contributed by atoms with Gasteiger partial charge in [-0.3, -0.25) is 4.90 Å². The molecule has 0 radical (unpaired) electrons. The van der Waals surface area contributed by atoms with Crippen LogP contribution in [0.3, 0.4) is 0 Å². The minimum Gasteiger partial charge on any atom is -0.383 e. The number of rotatable bonds is 7. The van der Waals surface area contributed by atoms with Crippen LogP contribution in [-0.2, 0) is 4.74 Å². The van der Waals surface area contributed by atoms with Gasteiger partial charge in [-0.1, -0.05) is 6.42 Å². The second-order valence-electron chi connectivity index (χ2n) is 5.41. The zero-order valence-electron chi connectivity index (χ0n) is 10.5. The van der Waals surface area contributed by atoms with E-state index in [1.165, 1.54) is 38.6 Å². The normalized spacial score (nSPS) is 30.2. The Bertz CT molecular complexity index is 206. The molecule has 3 nitrogen and oxygen atoms in total. The molecule has 2 unspecified atom stereocenters. The van der Waals surface area contributed by atoms with Crippen molar-refractivity contribution < 1.29 is 4.74 Å². The molecular formula is C13H26N2O. The fourth-order valence-corrected chi connectivity index (χ4v) is 3.04. The van der Waals surface area contributed by atoms with Crippen LogP contribution in [0.25, 0.3) is 0 Å². The van der Waals surface area contributed by atoms with Crippen LogP contribution in [0.4, 0.5) is 0 Å². The molecule has 3 heteroatoms. The molecule has 0 aromatic carbocycles. The Morgan fingerprint density at radius 1 is 1.19 bits per heavy atom. The van der Waals surface area contributed by atoms with Gasteiger partial charge < -0.3 is 10.5 Å². The van der Waals surface area contributed by atoms with Crippen LogP contribution in [0.15, 0.2) is 0 Å². The number of nitrogens with zero attached hydrogens (tertiary/aromatic N) is 1. The summed E-state index contributed by atoms with van der Waals surface area (Å²) in [5, 5.41) is 0. The van der Waals surface area contributed by atoms with Crippen LogP contribution in [0.2, 0.25) is 0 Å². The lowest BCUT2D eigenvalue weighted by Gasteiger charge is -2.28. The van der Waals surface area contributed by atoms with E-state index in [-0.39, 0.29) is 0 Å². The van der Waals surface area contributed by atoms with Crippen molar-refractivity contribution in [3.05, 3.63) is 0 Å². The van der Waals surface area contributed by atoms with Crippen molar-refractivity contribution >= 4 is 0 Å². The molecule has 2 atom stereocenters. The van der Waals surface area contributed by atoms with Crippen molar-refractivity contribution in [3.8, 4) is 0 Å². The second kappa shape index (κ2) is 5.99. The fourth-order valence-electron chi connectivity index (χ4n) is 3.04. The van der Waals surface area contributed by atoms with Gasteiger partial charge in [-0.2, -0.15) is 0 Å². The first kappa shape index (κ1) is 12.3. The van der Waals surface area contributed by atoms with Crippen molar-refractivity contribution in [2.24, 2.45) is 17.6 Å². The monoisotopic (exact) mass is 226 g/mol. The molecule has 2 fully saturated rings. The molecule has 2 N–H and O–H groups in total. The highest BCUT2D eigenvalue weighted by atomic mass is 16.5. The average Bonchev–Trinajstić information content (AvgIpc) is 3.05.